The molecule has 0 aliphatic heterocycles. The molecule has 8 nitrogen and oxygen atoms in total. The van der Waals surface area contributed by atoms with Crippen molar-refractivity contribution >= 4 is 16.9 Å². The van der Waals surface area contributed by atoms with Gasteiger partial charge >= 0.3 is 5.69 Å². The van der Waals surface area contributed by atoms with Crippen LogP contribution in [-0.2, 0) is 14.1 Å². The summed E-state index contributed by atoms with van der Waals surface area (Å²) in [7, 11) is 2.90. The van der Waals surface area contributed by atoms with Gasteiger partial charge in [0.2, 0.25) is 0 Å². The molecule has 0 saturated heterocycles. The number of nitrogens with zero attached hydrogens (tertiary/aromatic N) is 3. The summed E-state index contributed by atoms with van der Waals surface area (Å²) in [6.45, 7) is 2.07. The lowest BCUT2D eigenvalue weighted by Crippen LogP contribution is -2.39. The number of hydrogen-bond donors (Lipinski definition) is 2. The predicted octanol–water partition coefficient (Wildman–Crippen LogP) is -1.29. The van der Waals surface area contributed by atoms with Gasteiger partial charge in [-0.3, -0.25) is 18.7 Å². The van der Waals surface area contributed by atoms with Crippen LogP contribution in [-0.4, -0.2) is 32.6 Å². The minimum atomic E-state index is -0.493. The zero-order valence-electron chi connectivity index (χ0n) is 12.1. The molecule has 0 fully saturated rings. The van der Waals surface area contributed by atoms with Crippen LogP contribution in [0.5, 0.6) is 0 Å². The van der Waals surface area contributed by atoms with Crippen LogP contribution in [0.1, 0.15) is 17.4 Å². The number of nitrogens with two attached hydrogens (primary N) is 1. The van der Waals surface area contributed by atoms with Gasteiger partial charge in [-0.1, -0.05) is 0 Å². The fourth-order valence-corrected chi connectivity index (χ4v) is 1.94. The lowest BCUT2D eigenvalue weighted by Gasteiger charge is -2.12. The van der Waals surface area contributed by atoms with Crippen molar-refractivity contribution in [2.45, 2.75) is 13.0 Å². The molecule has 0 radical (unpaired) electrons. The van der Waals surface area contributed by atoms with Gasteiger partial charge < -0.3 is 11.1 Å². The molecule has 21 heavy (non-hydrogen) atoms. The Balaban J connectivity index is 2.60. The lowest BCUT2D eigenvalue weighted by molar-refractivity contribution is 0.0936. The maximum atomic E-state index is 12.0. The Hall–Kier alpha value is -2.48. The van der Waals surface area contributed by atoms with Crippen molar-refractivity contribution in [3.8, 4) is 0 Å². The third kappa shape index (κ3) is 2.57. The van der Waals surface area contributed by atoms with E-state index in [2.05, 4.69) is 10.3 Å². The SMILES string of the molecule is C[C@@H](CN)NC(=O)c1ccc2c(=O)n(C)c(=O)n(C)c2n1. The number of hydrogen-bond acceptors (Lipinski definition) is 5. The van der Waals surface area contributed by atoms with Gasteiger partial charge in [-0.25, -0.2) is 9.78 Å². The minimum Gasteiger partial charge on any atom is -0.347 e. The molecule has 0 aliphatic carbocycles. The van der Waals surface area contributed by atoms with E-state index in [9.17, 15) is 14.4 Å². The van der Waals surface area contributed by atoms with Crippen molar-refractivity contribution in [3.05, 3.63) is 38.7 Å². The standard InChI is InChI=1S/C13H17N5O3/c1-7(6-14)15-11(19)9-5-4-8-10(16-9)17(2)13(21)18(3)12(8)20/h4-5,7H,6,14H2,1-3H3,(H,15,19)/t7-/m0/s1. The molecule has 2 rings (SSSR count). The van der Waals surface area contributed by atoms with Crippen LogP contribution in [0, 0.1) is 0 Å². The molecule has 0 spiro atoms. The van der Waals surface area contributed by atoms with Crippen molar-refractivity contribution in [2.24, 2.45) is 19.8 Å². The molecule has 0 aromatic carbocycles. The van der Waals surface area contributed by atoms with Gasteiger partial charge in [0, 0.05) is 26.7 Å². The number of nitrogens with one attached hydrogen (secondary N) is 1. The van der Waals surface area contributed by atoms with Crippen molar-refractivity contribution in [1.82, 2.24) is 19.4 Å². The minimum absolute atomic E-state index is 0.131. The summed E-state index contributed by atoms with van der Waals surface area (Å²) >= 11 is 0. The number of rotatable bonds is 3. The summed E-state index contributed by atoms with van der Waals surface area (Å²) in [5.41, 5.74) is 4.82. The van der Waals surface area contributed by atoms with Crippen LogP contribution in [0.15, 0.2) is 21.7 Å². The van der Waals surface area contributed by atoms with Gasteiger partial charge in [0.15, 0.2) is 0 Å². The number of carbonyl (C=O) groups excluding carboxylic acids is 1. The number of fused-ring (bicyclic) bond motifs is 1. The molecule has 1 amide bonds. The second kappa shape index (κ2) is 5.49. The molecule has 2 aromatic rings. The van der Waals surface area contributed by atoms with Crippen LogP contribution < -0.4 is 22.3 Å². The summed E-state index contributed by atoms with van der Waals surface area (Å²) in [4.78, 5) is 40.0. The second-order valence-electron chi connectivity index (χ2n) is 4.88. The van der Waals surface area contributed by atoms with Crippen LogP contribution in [0.4, 0.5) is 0 Å². The van der Waals surface area contributed by atoms with E-state index in [0.29, 0.717) is 6.54 Å². The van der Waals surface area contributed by atoms with Gasteiger partial charge in [0.1, 0.15) is 11.3 Å². The average Bonchev–Trinajstić information content (AvgIpc) is 2.49. The molecular formula is C13H17N5O3. The van der Waals surface area contributed by atoms with Gasteiger partial charge in [-0.2, -0.15) is 0 Å². The summed E-state index contributed by atoms with van der Waals surface area (Å²) in [6.07, 6.45) is 0. The normalized spacial score (nSPS) is 12.4. The molecule has 0 aliphatic rings. The molecule has 112 valence electrons. The number of aromatic nitrogens is 3. The molecule has 0 saturated carbocycles. The van der Waals surface area contributed by atoms with Gasteiger partial charge in [0.05, 0.1) is 5.39 Å². The van der Waals surface area contributed by atoms with E-state index in [1.54, 1.807) is 6.92 Å². The Morgan fingerprint density at radius 1 is 1.33 bits per heavy atom. The summed E-state index contributed by atoms with van der Waals surface area (Å²) in [5.74, 6) is -0.400. The van der Waals surface area contributed by atoms with Gasteiger partial charge in [-0.05, 0) is 19.1 Å². The van der Waals surface area contributed by atoms with E-state index >= 15 is 0 Å². The average molecular weight is 291 g/mol. The van der Waals surface area contributed by atoms with E-state index in [1.807, 2.05) is 0 Å². The Bertz CT molecular complexity index is 821. The van der Waals surface area contributed by atoms with E-state index in [0.717, 1.165) is 4.57 Å². The highest BCUT2D eigenvalue weighted by Gasteiger charge is 2.14. The van der Waals surface area contributed by atoms with Crippen LogP contribution in [0.2, 0.25) is 0 Å². The fraction of sp³-hybridized carbons (Fsp3) is 0.385. The third-order valence-electron chi connectivity index (χ3n) is 3.27. The maximum Gasteiger partial charge on any atom is 0.332 e. The highest BCUT2D eigenvalue weighted by molar-refractivity contribution is 5.94. The maximum absolute atomic E-state index is 12.0. The topological polar surface area (TPSA) is 112 Å². The first-order chi connectivity index (χ1) is 9.86. The van der Waals surface area contributed by atoms with Gasteiger partial charge in [-0.15, -0.1) is 0 Å². The van der Waals surface area contributed by atoms with Gasteiger partial charge in [0.25, 0.3) is 11.5 Å². The second-order valence-corrected chi connectivity index (χ2v) is 4.88. The van der Waals surface area contributed by atoms with E-state index < -0.39 is 17.2 Å². The van der Waals surface area contributed by atoms with E-state index in [4.69, 9.17) is 5.73 Å². The molecular weight excluding hydrogens is 274 g/mol. The fourth-order valence-electron chi connectivity index (χ4n) is 1.94. The predicted molar refractivity (Wildman–Crippen MR) is 78.2 cm³/mol. The molecule has 3 N–H and O–H groups in total. The third-order valence-corrected chi connectivity index (χ3v) is 3.27. The molecule has 2 heterocycles. The quantitative estimate of drug-likeness (QED) is 0.730. The van der Waals surface area contributed by atoms with Crippen molar-refractivity contribution in [3.63, 3.8) is 0 Å². The van der Waals surface area contributed by atoms with E-state index in [-0.39, 0.29) is 22.8 Å². The molecule has 0 bridgehead atoms. The first-order valence-corrected chi connectivity index (χ1v) is 6.44. The first-order valence-electron chi connectivity index (χ1n) is 6.44. The van der Waals surface area contributed by atoms with Crippen molar-refractivity contribution in [1.29, 1.82) is 0 Å². The Kier molecular flexibility index (Phi) is 3.90. The highest BCUT2D eigenvalue weighted by Crippen LogP contribution is 2.06. The largest absolute Gasteiger partial charge is 0.347 e. The highest BCUT2D eigenvalue weighted by atomic mass is 16.2. The molecule has 1 atom stereocenters. The zero-order valence-corrected chi connectivity index (χ0v) is 12.1. The van der Waals surface area contributed by atoms with Crippen LogP contribution in [0.25, 0.3) is 11.0 Å². The number of carbonyl (C=O) groups is 1. The number of pyridine rings is 1. The van der Waals surface area contributed by atoms with Crippen LogP contribution >= 0.6 is 0 Å². The lowest BCUT2D eigenvalue weighted by atomic mass is 10.2. The summed E-state index contributed by atoms with van der Waals surface area (Å²) in [6, 6.07) is 2.75. The Morgan fingerprint density at radius 2 is 2.00 bits per heavy atom. The Labute approximate surface area is 120 Å². The number of amides is 1. The molecule has 2 aromatic heterocycles. The summed E-state index contributed by atoms with van der Waals surface area (Å²) < 4.78 is 2.24. The van der Waals surface area contributed by atoms with Crippen molar-refractivity contribution < 1.29 is 4.79 Å². The summed E-state index contributed by atoms with van der Waals surface area (Å²) in [5, 5.41) is 2.95. The number of aryl methyl sites for hydroxylation is 1. The zero-order chi connectivity index (χ0) is 15.7. The monoisotopic (exact) mass is 291 g/mol. The van der Waals surface area contributed by atoms with Crippen molar-refractivity contribution in [2.75, 3.05) is 6.54 Å². The van der Waals surface area contributed by atoms with E-state index in [1.165, 1.54) is 30.8 Å². The smallest absolute Gasteiger partial charge is 0.332 e. The molecule has 0 unspecified atom stereocenters. The molecule has 8 heteroatoms. The Morgan fingerprint density at radius 3 is 2.62 bits per heavy atom. The van der Waals surface area contributed by atoms with Crippen LogP contribution in [0.3, 0.4) is 0 Å². The first kappa shape index (κ1) is 14.9.